The predicted molar refractivity (Wildman–Crippen MR) is 96.7 cm³/mol. The molecule has 0 aliphatic carbocycles. The van der Waals surface area contributed by atoms with Gasteiger partial charge in [-0.3, -0.25) is 9.40 Å². The Balaban J connectivity index is 1.70. The van der Waals surface area contributed by atoms with Gasteiger partial charge in [0.25, 0.3) is 10.0 Å². The molecule has 3 aromatic rings. The van der Waals surface area contributed by atoms with E-state index in [2.05, 4.69) is 9.82 Å². The molecule has 0 atom stereocenters. The number of aryl methyl sites for hydroxylation is 1. The highest BCUT2D eigenvalue weighted by Crippen LogP contribution is 2.25. The third-order valence-corrected chi connectivity index (χ3v) is 4.99. The highest BCUT2D eigenvalue weighted by molar-refractivity contribution is 7.92. The summed E-state index contributed by atoms with van der Waals surface area (Å²) in [7, 11) is -3.67. The van der Waals surface area contributed by atoms with Crippen molar-refractivity contribution >= 4 is 27.3 Å². The van der Waals surface area contributed by atoms with Gasteiger partial charge in [-0.1, -0.05) is 11.6 Å². The van der Waals surface area contributed by atoms with Crippen LogP contribution in [0.15, 0.2) is 65.8 Å². The molecule has 0 saturated carbocycles. The van der Waals surface area contributed by atoms with Crippen LogP contribution in [0.3, 0.4) is 0 Å². The number of halogens is 1. The Bertz CT molecular complexity index is 952. The van der Waals surface area contributed by atoms with E-state index in [1.807, 2.05) is 6.92 Å². The first-order valence-corrected chi connectivity index (χ1v) is 9.41. The van der Waals surface area contributed by atoms with Gasteiger partial charge in [0.05, 0.1) is 6.20 Å². The minimum atomic E-state index is -3.67. The third-order valence-electron chi connectivity index (χ3n) is 3.40. The molecule has 1 N–H and O–H groups in total. The molecule has 0 spiro atoms. The van der Waals surface area contributed by atoms with Gasteiger partial charge >= 0.3 is 0 Å². The summed E-state index contributed by atoms with van der Waals surface area (Å²) in [4.78, 5) is 0.121. The van der Waals surface area contributed by atoms with E-state index >= 15 is 0 Å². The minimum Gasteiger partial charge on any atom is -0.457 e. The molecule has 1 aromatic heterocycles. The van der Waals surface area contributed by atoms with Crippen molar-refractivity contribution in [2.45, 2.75) is 18.4 Å². The zero-order valence-corrected chi connectivity index (χ0v) is 15.0. The van der Waals surface area contributed by atoms with Crippen LogP contribution in [-0.4, -0.2) is 18.2 Å². The predicted octanol–water partition coefficient (Wildman–Crippen LogP) is 4.15. The van der Waals surface area contributed by atoms with Crippen molar-refractivity contribution in [3.8, 4) is 11.5 Å². The molecule has 0 amide bonds. The second kappa shape index (κ2) is 7.16. The van der Waals surface area contributed by atoms with Gasteiger partial charge in [-0.15, -0.1) is 0 Å². The van der Waals surface area contributed by atoms with Crippen LogP contribution in [0.5, 0.6) is 11.5 Å². The fourth-order valence-electron chi connectivity index (χ4n) is 2.10. The molecule has 1 heterocycles. The number of ether oxygens (including phenoxy) is 1. The zero-order chi connectivity index (χ0) is 17.9. The lowest BCUT2D eigenvalue weighted by atomic mass is 10.3. The molecule has 0 saturated heterocycles. The molecule has 2 aromatic carbocycles. The summed E-state index contributed by atoms with van der Waals surface area (Å²) in [5, 5.41) is 4.61. The fraction of sp³-hybridized carbons (Fsp3) is 0.118. The average molecular weight is 378 g/mol. The molecule has 0 bridgehead atoms. The summed E-state index contributed by atoms with van der Waals surface area (Å²) < 4.78 is 34.4. The monoisotopic (exact) mass is 377 g/mol. The van der Waals surface area contributed by atoms with Gasteiger partial charge < -0.3 is 4.74 Å². The van der Waals surface area contributed by atoms with Crippen LogP contribution in [0.2, 0.25) is 5.02 Å². The number of hydrogen-bond acceptors (Lipinski definition) is 4. The highest BCUT2D eigenvalue weighted by Gasteiger charge is 2.16. The van der Waals surface area contributed by atoms with Crippen molar-refractivity contribution in [1.29, 1.82) is 0 Å². The molecule has 0 fully saturated rings. The molecule has 0 radical (unpaired) electrons. The molecular weight excluding hydrogens is 362 g/mol. The topological polar surface area (TPSA) is 73.2 Å². The largest absolute Gasteiger partial charge is 0.457 e. The maximum absolute atomic E-state index is 12.3. The maximum Gasteiger partial charge on any atom is 0.265 e. The Kier molecular flexibility index (Phi) is 4.96. The number of rotatable bonds is 6. The summed E-state index contributed by atoms with van der Waals surface area (Å²) in [5.41, 5.74) is 0.438. The smallest absolute Gasteiger partial charge is 0.265 e. The Labute approximate surface area is 151 Å². The van der Waals surface area contributed by atoms with Crippen LogP contribution < -0.4 is 9.46 Å². The maximum atomic E-state index is 12.3. The van der Waals surface area contributed by atoms with Gasteiger partial charge in [0.1, 0.15) is 16.4 Å². The van der Waals surface area contributed by atoms with E-state index in [-0.39, 0.29) is 4.90 Å². The second-order valence-electron chi connectivity index (χ2n) is 5.22. The van der Waals surface area contributed by atoms with E-state index < -0.39 is 10.0 Å². The molecule has 8 heteroatoms. The van der Waals surface area contributed by atoms with Crippen LogP contribution >= 0.6 is 11.6 Å². The lowest BCUT2D eigenvalue weighted by Crippen LogP contribution is -2.12. The van der Waals surface area contributed by atoms with Crippen LogP contribution in [0.4, 0.5) is 5.69 Å². The van der Waals surface area contributed by atoms with Gasteiger partial charge in [0.15, 0.2) is 0 Å². The van der Waals surface area contributed by atoms with Crippen molar-refractivity contribution in [1.82, 2.24) is 9.78 Å². The van der Waals surface area contributed by atoms with Gasteiger partial charge in [0, 0.05) is 23.5 Å². The number of hydrogen-bond donors (Lipinski definition) is 1. The minimum absolute atomic E-state index is 0.121. The van der Waals surface area contributed by atoms with E-state index in [0.29, 0.717) is 28.8 Å². The van der Waals surface area contributed by atoms with Crippen LogP contribution in [0.1, 0.15) is 6.92 Å². The molecule has 3 rings (SSSR count). The summed E-state index contributed by atoms with van der Waals surface area (Å²) in [6.07, 6.45) is 2.81. The van der Waals surface area contributed by atoms with Crippen molar-refractivity contribution in [2.75, 3.05) is 4.72 Å². The van der Waals surface area contributed by atoms with Crippen LogP contribution in [0, 0.1) is 0 Å². The van der Waals surface area contributed by atoms with Crippen molar-refractivity contribution in [3.63, 3.8) is 0 Å². The van der Waals surface area contributed by atoms with Gasteiger partial charge in [0.2, 0.25) is 0 Å². The summed E-state index contributed by atoms with van der Waals surface area (Å²) in [5.74, 6) is 1.23. The molecule has 0 aliphatic rings. The first-order valence-electron chi connectivity index (χ1n) is 7.55. The molecule has 0 aliphatic heterocycles. The number of nitrogens with zero attached hydrogens (tertiary/aromatic N) is 2. The molecule has 25 heavy (non-hydrogen) atoms. The van der Waals surface area contributed by atoms with E-state index in [1.54, 1.807) is 53.2 Å². The van der Waals surface area contributed by atoms with Gasteiger partial charge in [-0.05, 0) is 55.5 Å². The Morgan fingerprint density at radius 3 is 2.24 bits per heavy atom. The van der Waals surface area contributed by atoms with E-state index in [9.17, 15) is 8.42 Å². The first kappa shape index (κ1) is 17.3. The molecule has 6 nitrogen and oxygen atoms in total. The quantitative estimate of drug-likeness (QED) is 0.700. The lowest BCUT2D eigenvalue weighted by Gasteiger charge is -2.09. The average Bonchev–Trinajstić information content (AvgIpc) is 3.09. The Hall–Kier alpha value is -2.51. The normalized spacial score (nSPS) is 11.3. The molecule has 0 unspecified atom stereocenters. The summed E-state index contributed by atoms with van der Waals surface area (Å²) in [6, 6.07) is 13.6. The fourth-order valence-corrected chi connectivity index (χ4v) is 3.24. The van der Waals surface area contributed by atoms with Crippen LogP contribution in [-0.2, 0) is 16.6 Å². The number of aromatic nitrogens is 2. The van der Waals surface area contributed by atoms with Gasteiger partial charge in [-0.25, -0.2) is 8.42 Å². The standard InChI is InChI=1S/C17H16ClN3O3S/c1-2-21-12-17(11-19-21)25(22,23)20-14-5-9-16(10-6-14)24-15-7-3-13(18)4-8-15/h3-12,20H,2H2,1H3. The Morgan fingerprint density at radius 2 is 1.68 bits per heavy atom. The number of benzene rings is 2. The van der Waals surface area contributed by atoms with Crippen LogP contribution in [0.25, 0.3) is 0 Å². The number of nitrogens with one attached hydrogen (secondary N) is 1. The van der Waals surface area contributed by atoms with Crippen molar-refractivity contribution < 1.29 is 13.2 Å². The van der Waals surface area contributed by atoms with E-state index in [4.69, 9.17) is 16.3 Å². The lowest BCUT2D eigenvalue weighted by molar-refractivity contribution is 0.483. The highest BCUT2D eigenvalue weighted by atomic mass is 35.5. The first-order chi connectivity index (χ1) is 12.0. The molecular formula is C17H16ClN3O3S. The van der Waals surface area contributed by atoms with E-state index in [1.165, 1.54) is 12.4 Å². The Morgan fingerprint density at radius 1 is 1.08 bits per heavy atom. The van der Waals surface area contributed by atoms with E-state index in [0.717, 1.165) is 0 Å². The summed E-state index contributed by atoms with van der Waals surface area (Å²) >= 11 is 5.83. The third kappa shape index (κ3) is 4.32. The summed E-state index contributed by atoms with van der Waals surface area (Å²) in [6.45, 7) is 2.49. The number of sulfonamides is 1. The number of anilines is 1. The molecule has 130 valence electrons. The second-order valence-corrected chi connectivity index (χ2v) is 7.34. The SMILES string of the molecule is CCn1cc(S(=O)(=O)Nc2ccc(Oc3ccc(Cl)cc3)cc2)cn1. The van der Waals surface area contributed by atoms with Crippen molar-refractivity contribution in [3.05, 3.63) is 65.9 Å². The van der Waals surface area contributed by atoms with Crippen molar-refractivity contribution in [2.24, 2.45) is 0 Å². The van der Waals surface area contributed by atoms with Gasteiger partial charge in [-0.2, -0.15) is 5.10 Å². The zero-order valence-electron chi connectivity index (χ0n) is 13.4.